The van der Waals surface area contributed by atoms with Crippen LogP contribution in [0.25, 0.3) is 0 Å². The molecular formula is C16H17ClN4O4. The first-order valence-corrected chi connectivity index (χ1v) is 7.92. The fourth-order valence-electron chi connectivity index (χ4n) is 2.50. The normalized spacial score (nSPS) is 12.2. The Kier molecular flexibility index (Phi) is 4.54. The molecule has 0 atom stereocenters. The monoisotopic (exact) mass is 364 g/mol. The summed E-state index contributed by atoms with van der Waals surface area (Å²) in [6, 6.07) is 2.99. The average molecular weight is 365 g/mol. The summed E-state index contributed by atoms with van der Waals surface area (Å²) in [6.07, 6.45) is 0. The van der Waals surface area contributed by atoms with Crippen LogP contribution in [-0.2, 0) is 11.8 Å². The van der Waals surface area contributed by atoms with Gasteiger partial charge < -0.3 is 20.1 Å². The lowest BCUT2D eigenvalue weighted by atomic mass is 10.2. The van der Waals surface area contributed by atoms with E-state index in [0.717, 1.165) is 5.69 Å². The van der Waals surface area contributed by atoms with Crippen molar-refractivity contribution < 1.29 is 19.1 Å². The van der Waals surface area contributed by atoms with Gasteiger partial charge in [-0.2, -0.15) is 5.10 Å². The van der Waals surface area contributed by atoms with E-state index >= 15 is 0 Å². The van der Waals surface area contributed by atoms with E-state index in [1.54, 1.807) is 18.7 Å². The standard InChI is InChI=1S/C16H17ClN4O4/c1-8-14(9(2)21(3)20-8)19-13(22)6-18-16(23)10-4-11(17)15-12(5-10)24-7-25-15/h4-5H,6-7H2,1-3H3,(H,18,23)(H,19,22). The van der Waals surface area contributed by atoms with Gasteiger partial charge in [0.05, 0.1) is 28.6 Å². The number of carbonyl (C=O) groups is 2. The zero-order valence-corrected chi connectivity index (χ0v) is 14.7. The summed E-state index contributed by atoms with van der Waals surface area (Å²) >= 11 is 6.05. The fraction of sp³-hybridized carbons (Fsp3) is 0.312. The Hall–Kier alpha value is -2.74. The Labute approximate surface area is 149 Å². The van der Waals surface area contributed by atoms with Crippen molar-refractivity contribution in [3.8, 4) is 11.5 Å². The van der Waals surface area contributed by atoms with Crippen molar-refractivity contribution in [3.63, 3.8) is 0 Å². The number of aromatic nitrogens is 2. The molecule has 0 aliphatic carbocycles. The second kappa shape index (κ2) is 6.64. The van der Waals surface area contributed by atoms with E-state index in [0.29, 0.717) is 22.9 Å². The van der Waals surface area contributed by atoms with Gasteiger partial charge in [-0.1, -0.05) is 11.6 Å². The maximum absolute atomic E-state index is 12.2. The smallest absolute Gasteiger partial charge is 0.251 e. The molecule has 8 nitrogen and oxygen atoms in total. The average Bonchev–Trinajstić information content (AvgIpc) is 3.13. The minimum absolute atomic E-state index is 0.0619. The zero-order valence-electron chi connectivity index (χ0n) is 14.0. The first kappa shape index (κ1) is 17.1. The van der Waals surface area contributed by atoms with Crippen LogP contribution in [-0.4, -0.2) is 34.9 Å². The molecule has 3 rings (SSSR count). The summed E-state index contributed by atoms with van der Waals surface area (Å²) in [5.41, 5.74) is 2.48. The van der Waals surface area contributed by atoms with E-state index in [1.807, 2.05) is 6.92 Å². The van der Waals surface area contributed by atoms with E-state index in [4.69, 9.17) is 21.1 Å². The molecule has 0 unspecified atom stereocenters. The van der Waals surface area contributed by atoms with Crippen molar-refractivity contribution >= 4 is 29.1 Å². The number of anilines is 1. The van der Waals surface area contributed by atoms with Gasteiger partial charge in [0.1, 0.15) is 0 Å². The van der Waals surface area contributed by atoms with Crippen molar-refractivity contribution in [2.45, 2.75) is 13.8 Å². The van der Waals surface area contributed by atoms with Crippen LogP contribution in [0.2, 0.25) is 5.02 Å². The summed E-state index contributed by atoms with van der Waals surface area (Å²) in [5, 5.41) is 9.81. The van der Waals surface area contributed by atoms with Gasteiger partial charge in [-0.15, -0.1) is 0 Å². The van der Waals surface area contributed by atoms with Crippen molar-refractivity contribution in [1.29, 1.82) is 0 Å². The molecule has 1 aromatic carbocycles. The van der Waals surface area contributed by atoms with E-state index < -0.39 is 5.91 Å². The van der Waals surface area contributed by atoms with Crippen LogP contribution in [0.3, 0.4) is 0 Å². The minimum Gasteiger partial charge on any atom is -0.454 e. The Bertz CT molecular complexity index is 862. The Balaban J connectivity index is 1.62. The molecule has 2 heterocycles. The van der Waals surface area contributed by atoms with Gasteiger partial charge in [0.15, 0.2) is 11.5 Å². The van der Waals surface area contributed by atoms with Gasteiger partial charge in [0.2, 0.25) is 12.7 Å². The third kappa shape index (κ3) is 3.39. The molecule has 1 aliphatic heterocycles. The number of benzene rings is 1. The molecule has 0 saturated heterocycles. The van der Waals surface area contributed by atoms with E-state index in [9.17, 15) is 9.59 Å². The maximum Gasteiger partial charge on any atom is 0.251 e. The van der Waals surface area contributed by atoms with Crippen LogP contribution < -0.4 is 20.1 Å². The molecule has 0 fully saturated rings. The molecule has 0 saturated carbocycles. The Morgan fingerprint density at radius 2 is 2.08 bits per heavy atom. The predicted molar refractivity (Wildman–Crippen MR) is 91.2 cm³/mol. The highest BCUT2D eigenvalue weighted by molar-refractivity contribution is 6.32. The number of carbonyl (C=O) groups excluding carboxylic acids is 2. The molecular weight excluding hydrogens is 348 g/mol. The van der Waals surface area contributed by atoms with Crippen LogP contribution in [0.1, 0.15) is 21.7 Å². The first-order valence-electron chi connectivity index (χ1n) is 7.54. The number of nitrogens with zero attached hydrogens (tertiary/aromatic N) is 2. The van der Waals surface area contributed by atoms with Crippen LogP contribution >= 0.6 is 11.6 Å². The van der Waals surface area contributed by atoms with Crippen molar-refractivity contribution in [2.75, 3.05) is 18.7 Å². The molecule has 9 heteroatoms. The topological polar surface area (TPSA) is 94.5 Å². The lowest BCUT2D eigenvalue weighted by Crippen LogP contribution is -2.33. The highest BCUT2D eigenvalue weighted by Gasteiger charge is 2.21. The highest BCUT2D eigenvalue weighted by Crippen LogP contribution is 2.39. The lowest BCUT2D eigenvalue weighted by molar-refractivity contribution is -0.115. The molecule has 2 aromatic rings. The largest absolute Gasteiger partial charge is 0.454 e. The second-order valence-electron chi connectivity index (χ2n) is 5.59. The molecule has 0 radical (unpaired) electrons. The molecule has 25 heavy (non-hydrogen) atoms. The minimum atomic E-state index is -0.435. The SMILES string of the molecule is Cc1nn(C)c(C)c1NC(=O)CNC(=O)c1cc(Cl)c2c(c1)OCO2. The Morgan fingerprint density at radius 1 is 1.32 bits per heavy atom. The molecule has 0 bridgehead atoms. The number of fused-ring (bicyclic) bond motifs is 1. The molecule has 132 valence electrons. The van der Waals surface area contributed by atoms with Gasteiger partial charge >= 0.3 is 0 Å². The van der Waals surface area contributed by atoms with Crippen LogP contribution in [0, 0.1) is 13.8 Å². The number of nitrogens with one attached hydrogen (secondary N) is 2. The number of amides is 2. The molecule has 0 spiro atoms. The molecule has 2 amide bonds. The predicted octanol–water partition coefficient (Wildman–Crippen LogP) is 1.79. The van der Waals surface area contributed by atoms with Gasteiger partial charge in [-0.3, -0.25) is 14.3 Å². The molecule has 1 aliphatic rings. The van der Waals surface area contributed by atoms with Crippen LogP contribution in [0.15, 0.2) is 12.1 Å². The first-order chi connectivity index (χ1) is 11.9. The highest BCUT2D eigenvalue weighted by atomic mass is 35.5. The summed E-state index contributed by atoms with van der Waals surface area (Å²) in [6.45, 7) is 3.53. The summed E-state index contributed by atoms with van der Waals surface area (Å²) in [5.74, 6) is 0.0385. The summed E-state index contributed by atoms with van der Waals surface area (Å²) < 4.78 is 12.1. The fourth-order valence-corrected chi connectivity index (χ4v) is 2.76. The Morgan fingerprint density at radius 3 is 2.76 bits per heavy atom. The van der Waals surface area contributed by atoms with Gasteiger partial charge in [-0.05, 0) is 26.0 Å². The van der Waals surface area contributed by atoms with Gasteiger partial charge in [0, 0.05) is 12.6 Å². The van der Waals surface area contributed by atoms with Crippen LogP contribution in [0.5, 0.6) is 11.5 Å². The maximum atomic E-state index is 12.2. The van der Waals surface area contributed by atoms with Gasteiger partial charge in [0.25, 0.3) is 5.91 Å². The van der Waals surface area contributed by atoms with Crippen molar-refractivity contribution in [2.24, 2.45) is 7.05 Å². The number of ether oxygens (including phenoxy) is 2. The molecule has 2 N–H and O–H groups in total. The summed E-state index contributed by atoms with van der Waals surface area (Å²) in [4.78, 5) is 24.3. The van der Waals surface area contributed by atoms with E-state index in [1.165, 1.54) is 12.1 Å². The molecule has 1 aromatic heterocycles. The lowest BCUT2D eigenvalue weighted by Gasteiger charge is -2.08. The summed E-state index contributed by atoms with van der Waals surface area (Å²) in [7, 11) is 1.79. The third-order valence-electron chi connectivity index (χ3n) is 3.87. The van der Waals surface area contributed by atoms with Crippen LogP contribution in [0.4, 0.5) is 5.69 Å². The number of hydrogen-bond acceptors (Lipinski definition) is 5. The number of hydrogen-bond donors (Lipinski definition) is 2. The van der Waals surface area contributed by atoms with E-state index in [-0.39, 0.29) is 29.8 Å². The number of aryl methyl sites for hydroxylation is 2. The third-order valence-corrected chi connectivity index (χ3v) is 4.15. The van der Waals surface area contributed by atoms with Crippen molar-refractivity contribution in [3.05, 3.63) is 34.1 Å². The van der Waals surface area contributed by atoms with Crippen molar-refractivity contribution in [1.82, 2.24) is 15.1 Å². The number of rotatable bonds is 4. The number of halogens is 1. The van der Waals surface area contributed by atoms with Gasteiger partial charge in [-0.25, -0.2) is 0 Å². The quantitative estimate of drug-likeness (QED) is 0.862. The second-order valence-corrected chi connectivity index (χ2v) is 6.00. The van der Waals surface area contributed by atoms with E-state index in [2.05, 4.69) is 15.7 Å². The zero-order chi connectivity index (χ0) is 18.1.